The van der Waals surface area contributed by atoms with Crippen molar-refractivity contribution >= 4 is 40.7 Å². The lowest BCUT2D eigenvalue weighted by Crippen LogP contribution is -2.02. The summed E-state index contributed by atoms with van der Waals surface area (Å²) in [4.78, 5) is 8.09. The van der Waals surface area contributed by atoms with Crippen molar-refractivity contribution in [1.82, 2.24) is 20.3 Å². The largest absolute Gasteiger partial charge is 0.455 e. The van der Waals surface area contributed by atoms with Crippen molar-refractivity contribution in [2.24, 2.45) is 5.10 Å². The number of hydrazone groups is 1. The number of nitrogens with one attached hydrogen (secondary N) is 1. The third kappa shape index (κ3) is 3.12. The van der Waals surface area contributed by atoms with Gasteiger partial charge in [-0.3, -0.25) is 5.43 Å². The highest BCUT2D eigenvalue weighted by molar-refractivity contribution is 6.30. The molecular formula is C15H10ClN7O2. The number of fused-ring (bicyclic) bond motifs is 1. The number of benzene rings is 1. The lowest BCUT2D eigenvalue weighted by molar-refractivity contribution is 0.314. The number of hydrogen-bond donors (Lipinski definition) is 2. The molecule has 10 heteroatoms. The van der Waals surface area contributed by atoms with Crippen molar-refractivity contribution in [2.45, 2.75) is 0 Å². The fourth-order valence-corrected chi connectivity index (χ4v) is 2.21. The van der Waals surface area contributed by atoms with E-state index < -0.39 is 0 Å². The molecule has 0 aliphatic heterocycles. The van der Waals surface area contributed by atoms with Crippen LogP contribution in [0.2, 0.25) is 5.02 Å². The first-order chi connectivity index (χ1) is 12.2. The molecule has 0 saturated heterocycles. The first kappa shape index (κ1) is 15.1. The topological polar surface area (TPSA) is 128 Å². The maximum atomic E-state index is 5.88. The van der Waals surface area contributed by atoms with Crippen LogP contribution in [-0.2, 0) is 0 Å². The number of hydrogen-bond acceptors (Lipinski definition) is 9. The summed E-state index contributed by atoms with van der Waals surface area (Å²) >= 11 is 5.88. The van der Waals surface area contributed by atoms with Crippen molar-refractivity contribution in [1.29, 1.82) is 0 Å². The van der Waals surface area contributed by atoms with Crippen LogP contribution in [0, 0.1) is 0 Å². The van der Waals surface area contributed by atoms with Gasteiger partial charge in [0.2, 0.25) is 11.3 Å². The Morgan fingerprint density at radius 2 is 1.80 bits per heavy atom. The van der Waals surface area contributed by atoms with E-state index in [-0.39, 0.29) is 22.9 Å². The standard InChI is InChI=1S/C15H10ClN7O2/c16-9-3-1-8(2-4-9)11-6-5-10(24-11)7-18-21-13-12(17)19-14-15(20-13)23-25-22-14/h1-7H,(H2,17,19,22)(H,20,21,23)/b18-7-. The van der Waals surface area contributed by atoms with Crippen LogP contribution >= 0.6 is 11.6 Å². The smallest absolute Gasteiger partial charge is 0.245 e. The number of aromatic nitrogens is 4. The van der Waals surface area contributed by atoms with Crippen LogP contribution in [0.5, 0.6) is 0 Å². The summed E-state index contributed by atoms with van der Waals surface area (Å²) in [6, 6.07) is 11.0. The molecule has 124 valence electrons. The quantitative estimate of drug-likeness (QED) is 0.422. The summed E-state index contributed by atoms with van der Waals surface area (Å²) in [5.74, 6) is 1.62. The molecule has 1 aromatic carbocycles. The van der Waals surface area contributed by atoms with Gasteiger partial charge in [0.05, 0.1) is 6.21 Å². The monoisotopic (exact) mass is 355 g/mol. The van der Waals surface area contributed by atoms with Gasteiger partial charge in [0.25, 0.3) is 0 Å². The van der Waals surface area contributed by atoms with Gasteiger partial charge in [0.15, 0.2) is 11.6 Å². The van der Waals surface area contributed by atoms with E-state index in [4.69, 9.17) is 21.8 Å². The Labute approximate surface area is 145 Å². The summed E-state index contributed by atoms with van der Waals surface area (Å²) in [6.45, 7) is 0. The second-order valence-corrected chi connectivity index (χ2v) is 5.38. The first-order valence-corrected chi connectivity index (χ1v) is 7.47. The second kappa shape index (κ2) is 6.21. The Hall–Kier alpha value is -3.46. The minimum Gasteiger partial charge on any atom is -0.455 e. The first-order valence-electron chi connectivity index (χ1n) is 7.10. The van der Waals surface area contributed by atoms with Crippen LogP contribution in [0.4, 0.5) is 11.6 Å². The number of rotatable bonds is 4. The number of nitrogens with zero attached hydrogens (tertiary/aromatic N) is 5. The minimum absolute atomic E-state index is 0.127. The fourth-order valence-electron chi connectivity index (χ4n) is 2.08. The number of halogens is 1. The molecule has 25 heavy (non-hydrogen) atoms. The van der Waals surface area contributed by atoms with E-state index in [0.29, 0.717) is 16.5 Å². The molecule has 0 bridgehead atoms. The van der Waals surface area contributed by atoms with Crippen LogP contribution in [0.3, 0.4) is 0 Å². The van der Waals surface area contributed by atoms with Crippen LogP contribution < -0.4 is 11.2 Å². The fraction of sp³-hybridized carbons (Fsp3) is 0. The third-order valence-electron chi connectivity index (χ3n) is 3.26. The van der Waals surface area contributed by atoms with Crippen LogP contribution in [-0.4, -0.2) is 26.5 Å². The van der Waals surface area contributed by atoms with E-state index in [0.717, 1.165) is 5.56 Å². The average molecular weight is 356 g/mol. The van der Waals surface area contributed by atoms with Gasteiger partial charge in [-0.15, -0.1) is 0 Å². The van der Waals surface area contributed by atoms with Gasteiger partial charge in [-0.1, -0.05) is 11.6 Å². The van der Waals surface area contributed by atoms with Gasteiger partial charge in [0, 0.05) is 10.6 Å². The molecule has 0 aliphatic rings. The second-order valence-electron chi connectivity index (χ2n) is 4.95. The predicted octanol–water partition coefficient (Wildman–Crippen LogP) is 2.95. The van der Waals surface area contributed by atoms with Gasteiger partial charge in [-0.05, 0) is 46.7 Å². The van der Waals surface area contributed by atoms with Crippen molar-refractivity contribution in [2.75, 3.05) is 11.2 Å². The molecule has 9 nitrogen and oxygen atoms in total. The Balaban J connectivity index is 1.50. The van der Waals surface area contributed by atoms with Gasteiger partial charge >= 0.3 is 0 Å². The summed E-state index contributed by atoms with van der Waals surface area (Å²) in [5.41, 5.74) is 9.82. The zero-order chi connectivity index (χ0) is 17.2. The van der Waals surface area contributed by atoms with Crippen molar-refractivity contribution in [3.63, 3.8) is 0 Å². The number of anilines is 2. The Bertz CT molecular complexity index is 1060. The van der Waals surface area contributed by atoms with E-state index in [1.165, 1.54) is 6.21 Å². The molecule has 0 radical (unpaired) electrons. The molecule has 0 saturated carbocycles. The Morgan fingerprint density at radius 3 is 2.60 bits per heavy atom. The van der Waals surface area contributed by atoms with E-state index in [1.54, 1.807) is 18.2 Å². The Kier molecular flexibility index (Phi) is 3.75. The summed E-state index contributed by atoms with van der Waals surface area (Å²) in [7, 11) is 0. The lowest BCUT2D eigenvalue weighted by atomic mass is 10.2. The molecule has 0 unspecified atom stereocenters. The normalized spacial score (nSPS) is 11.4. The highest BCUT2D eigenvalue weighted by Gasteiger charge is 2.09. The molecule has 0 amide bonds. The summed E-state index contributed by atoms with van der Waals surface area (Å²) in [6.07, 6.45) is 1.49. The Morgan fingerprint density at radius 1 is 1.04 bits per heavy atom. The molecule has 0 fully saturated rings. The van der Waals surface area contributed by atoms with Crippen LogP contribution in [0.25, 0.3) is 22.6 Å². The van der Waals surface area contributed by atoms with E-state index in [2.05, 4.69) is 35.4 Å². The summed E-state index contributed by atoms with van der Waals surface area (Å²) in [5, 5.41) is 11.9. The maximum Gasteiger partial charge on any atom is 0.245 e. The van der Waals surface area contributed by atoms with Crippen molar-refractivity contribution in [3.8, 4) is 11.3 Å². The molecule has 0 spiro atoms. The van der Waals surface area contributed by atoms with Crippen LogP contribution in [0.1, 0.15) is 5.76 Å². The molecule has 0 atom stereocenters. The van der Waals surface area contributed by atoms with Gasteiger partial charge in [0.1, 0.15) is 11.5 Å². The van der Waals surface area contributed by atoms with Gasteiger partial charge < -0.3 is 10.2 Å². The molecule has 3 aromatic heterocycles. The van der Waals surface area contributed by atoms with E-state index in [1.807, 2.05) is 18.2 Å². The van der Waals surface area contributed by atoms with Gasteiger partial charge in [-0.2, -0.15) is 10.1 Å². The molecule has 3 heterocycles. The van der Waals surface area contributed by atoms with E-state index in [9.17, 15) is 0 Å². The zero-order valence-electron chi connectivity index (χ0n) is 12.5. The third-order valence-corrected chi connectivity index (χ3v) is 3.51. The predicted molar refractivity (Wildman–Crippen MR) is 92.2 cm³/mol. The number of nitrogens with two attached hydrogens (primary N) is 1. The minimum atomic E-state index is 0.127. The van der Waals surface area contributed by atoms with Crippen molar-refractivity contribution < 1.29 is 9.05 Å². The molecular weight excluding hydrogens is 346 g/mol. The lowest BCUT2D eigenvalue weighted by Gasteiger charge is -2.00. The summed E-state index contributed by atoms with van der Waals surface area (Å²) < 4.78 is 10.2. The maximum absolute atomic E-state index is 5.88. The molecule has 4 rings (SSSR count). The molecule has 0 aliphatic carbocycles. The SMILES string of the molecule is Nc1nc2nonc2nc1N/N=C\c1ccc(-c2ccc(Cl)cc2)o1. The van der Waals surface area contributed by atoms with Crippen LogP contribution in [0.15, 0.2) is 50.5 Å². The highest BCUT2D eigenvalue weighted by Crippen LogP contribution is 2.23. The van der Waals surface area contributed by atoms with Crippen molar-refractivity contribution in [3.05, 3.63) is 47.2 Å². The molecule has 3 N–H and O–H groups in total. The van der Waals surface area contributed by atoms with Gasteiger partial charge in [-0.25, -0.2) is 9.61 Å². The zero-order valence-corrected chi connectivity index (χ0v) is 13.3. The number of furan rings is 1. The average Bonchev–Trinajstić information content (AvgIpc) is 3.25. The number of nitrogen functional groups attached to an aromatic ring is 1. The molecule has 4 aromatic rings. The highest BCUT2D eigenvalue weighted by atomic mass is 35.5. The van der Waals surface area contributed by atoms with E-state index >= 15 is 0 Å².